The lowest BCUT2D eigenvalue weighted by Gasteiger charge is -2.05. The van der Waals surface area contributed by atoms with Crippen molar-refractivity contribution in [1.82, 2.24) is 10.3 Å². The van der Waals surface area contributed by atoms with Crippen molar-refractivity contribution in [3.05, 3.63) is 29.8 Å². The van der Waals surface area contributed by atoms with Gasteiger partial charge in [0.05, 0.1) is 12.8 Å². The summed E-state index contributed by atoms with van der Waals surface area (Å²) < 4.78 is 40.7. The second-order valence-electron chi connectivity index (χ2n) is 3.15. The van der Waals surface area contributed by atoms with Crippen LogP contribution in [0.1, 0.15) is 5.56 Å². The molecule has 1 aromatic heterocycles. The molecule has 0 radical (unpaired) electrons. The molecule has 0 spiro atoms. The zero-order valence-electron chi connectivity index (χ0n) is 8.63. The molecule has 0 saturated carbocycles. The van der Waals surface area contributed by atoms with Gasteiger partial charge < -0.3 is 10.1 Å². The first-order valence-electron chi connectivity index (χ1n) is 4.84. The van der Waals surface area contributed by atoms with Gasteiger partial charge in [0.25, 0.3) is 6.43 Å². The zero-order chi connectivity index (χ0) is 11.8. The van der Waals surface area contributed by atoms with Crippen LogP contribution in [0.3, 0.4) is 0 Å². The molecule has 1 N–H and O–H groups in total. The van der Waals surface area contributed by atoms with Crippen LogP contribution in [-0.2, 0) is 11.3 Å². The Morgan fingerprint density at radius 3 is 2.88 bits per heavy atom. The van der Waals surface area contributed by atoms with Crippen molar-refractivity contribution >= 4 is 0 Å². The van der Waals surface area contributed by atoms with E-state index in [1.165, 1.54) is 12.3 Å². The second-order valence-corrected chi connectivity index (χ2v) is 3.15. The van der Waals surface area contributed by atoms with E-state index >= 15 is 0 Å². The molecule has 3 nitrogen and oxygen atoms in total. The fourth-order valence-corrected chi connectivity index (χ4v) is 1.10. The molecule has 1 heterocycles. The lowest BCUT2D eigenvalue weighted by molar-refractivity contribution is 0.0187. The van der Waals surface area contributed by atoms with Crippen LogP contribution < -0.4 is 5.32 Å². The van der Waals surface area contributed by atoms with Crippen LogP contribution >= 0.6 is 0 Å². The smallest absolute Gasteiger partial charge is 0.261 e. The number of aromatic nitrogens is 1. The third kappa shape index (κ3) is 5.67. The second kappa shape index (κ2) is 7.19. The first-order chi connectivity index (χ1) is 7.68. The lowest BCUT2D eigenvalue weighted by atomic mass is 10.3. The Morgan fingerprint density at radius 2 is 2.19 bits per heavy atom. The number of hydrogen-bond acceptors (Lipinski definition) is 3. The van der Waals surface area contributed by atoms with Crippen LogP contribution in [-0.4, -0.2) is 31.2 Å². The number of nitrogens with zero attached hydrogens (tertiary/aromatic N) is 1. The summed E-state index contributed by atoms with van der Waals surface area (Å²) in [5.74, 6) is -0.395. The Hall–Kier alpha value is -1.14. The van der Waals surface area contributed by atoms with E-state index in [-0.39, 0.29) is 6.61 Å². The Labute approximate surface area is 91.6 Å². The number of hydrogen-bond donors (Lipinski definition) is 1. The van der Waals surface area contributed by atoms with Crippen molar-refractivity contribution in [2.24, 2.45) is 0 Å². The zero-order valence-corrected chi connectivity index (χ0v) is 8.63. The van der Waals surface area contributed by atoms with Gasteiger partial charge in [-0.2, -0.15) is 0 Å². The van der Waals surface area contributed by atoms with Crippen LogP contribution in [0.5, 0.6) is 0 Å². The molecule has 0 unspecified atom stereocenters. The van der Waals surface area contributed by atoms with Crippen molar-refractivity contribution in [2.45, 2.75) is 13.0 Å². The van der Waals surface area contributed by atoms with Crippen LogP contribution in [0.25, 0.3) is 0 Å². The topological polar surface area (TPSA) is 34.2 Å². The van der Waals surface area contributed by atoms with Crippen LogP contribution in [0.4, 0.5) is 13.2 Å². The molecule has 0 aliphatic rings. The molecule has 0 atom stereocenters. The number of ether oxygens (including phenoxy) is 1. The van der Waals surface area contributed by atoms with E-state index < -0.39 is 18.8 Å². The highest BCUT2D eigenvalue weighted by atomic mass is 19.3. The highest BCUT2D eigenvalue weighted by molar-refractivity contribution is 5.09. The van der Waals surface area contributed by atoms with Crippen molar-refractivity contribution in [1.29, 1.82) is 0 Å². The standard InChI is InChI=1S/C10H13F3N2O/c11-9-3-8(5-15-6-9)4-14-1-2-16-7-10(12)13/h3,5-6,10,14H,1-2,4,7H2. The highest BCUT2D eigenvalue weighted by Crippen LogP contribution is 1.99. The largest absolute Gasteiger partial charge is 0.374 e. The molecule has 0 fully saturated rings. The van der Waals surface area contributed by atoms with Crippen molar-refractivity contribution in [2.75, 3.05) is 19.8 Å². The third-order valence-electron chi connectivity index (χ3n) is 1.76. The first kappa shape index (κ1) is 12.9. The average Bonchev–Trinajstić information content (AvgIpc) is 2.23. The minimum Gasteiger partial charge on any atom is -0.374 e. The number of alkyl halides is 2. The monoisotopic (exact) mass is 234 g/mol. The van der Waals surface area contributed by atoms with Crippen LogP contribution in [0.15, 0.2) is 18.5 Å². The van der Waals surface area contributed by atoms with E-state index in [1.807, 2.05) is 0 Å². The third-order valence-corrected chi connectivity index (χ3v) is 1.76. The molecule has 16 heavy (non-hydrogen) atoms. The predicted octanol–water partition coefficient (Wildman–Crippen LogP) is 1.59. The van der Waals surface area contributed by atoms with Crippen molar-refractivity contribution in [3.8, 4) is 0 Å². The summed E-state index contributed by atoms with van der Waals surface area (Å²) in [5, 5.41) is 2.93. The summed E-state index contributed by atoms with van der Waals surface area (Å²) in [7, 11) is 0. The summed E-state index contributed by atoms with van der Waals surface area (Å²) in [4.78, 5) is 3.68. The maximum Gasteiger partial charge on any atom is 0.261 e. The Morgan fingerprint density at radius 1 is 1.38 bits per heavy atom. The molecule has 6 heteroatoms. The maximum absolute atomic E-state index is 12.7. The molecule has 1 aromatic rings. The summed E-state index contributed by atoms with van der Waals surface area (Å²) in [6.45, 7) is 0.516. The van der Waals surface area contributed by atoms with E-state index in [2.05, 4.69) is 15.0 Å². The number of nitrogens with one attached hydrogen (secondary N) is 1. The number of halogens is 3. The Bertz CT molecular complexity index is 310. The van der Waals surface area contributed by atoms with Crippen LogP contribution in [0, 0.1) is 5.82 Å². The molecule has 0 aliphatic heterocycles. The van der Waals surface area contributed by atoms with Gasteiger partial charge in [0, 0.05) is 19.3 Å². The van der Waals surface area contributed by atoms with E-state index in [0.717, 1.165) is 6.20 Å². The molecule has 0 amide bonds. The minimum atomic E-state index is -2.44. The van der Waals surface area contributed by atoms with Gasteiger partial charge in [-0.15, -0.1) is 0 Å². The summed E-state index contributed by atoms with van der Waals surface area (Å²) in [6.07, 6.45) is 0.221. The van der Waals surface area contributed by atoms with Crippen molar-refractivity contribution < 1.29 is 17.9 Å². The van der Waals surface area contributed by atoms with E-state index in [1.54, 1.807) is 0 Å². The average molecular weight is 234 g/mol. The molecular formula is C10H13F3N2O. The van der Waals surface area contributed by atoms with Gasteiger partial charge in [-0.3, -0.25) is 4.98 Å². The van der Waals surface area contributed by atoms with Gasteiger partial charge in [0.2, 0.25) is 0 Å². The molecular weight excluding hydrogens is 221 g/mol. The normalized spacial score (nSPS) is 11.0. The van der Waals surface area contributed by atoms with Gasteiger partial charge in [-0.1, -0.05) is 0 Å². The quantitative estimate of drug-likeness (QED) is 0.727. The fourth-order valence-electron chi connectivity index (χ4n) is 1.10. The molecule has 1 rings (SSSR count). The predicted molar refractivity (Wildman–Crippen MR) is 52.7 cm³/mol. The molecule has 0 bridgehead atoms. The minimum absolute atomic E-state index is 0.201. The fraction of sp³-hybridized carbons (Fsp3) is 0.500. The van der Waals surface area contributed by atoms with Crippen LogP contribution in [0.2, 0.25) is 0 Å². The van der Waals surface area contributed by atoms with Gasteiger partial charge in [-0.05, 0) is 11.6 Å². The van der Waals surface area contributed by atoms with Gasteiger partial charge in [0.1, 0.15) is 12.4 Å². The van der Waals surface area contributed by atoms with Gasteiger partial charge in [0.15, 0.2) is 0 Å². The highest BCUT2D eigenvalue weighted by Gasteiger charge is 2.01. The summed E-state index contributed by atoms with van der Waals surface area (Å²) in [5.41, 5.74) is 0.703. The summed E-state index contributed by atoms with van der Waals surface area (Å²) >= 11 is 0. The van der Waals surface area contributed by atoms with Gasteiger partial charge >= 0.3 is 0 Å². The molecule has 90 valence electrons. The van der Waals surface area contributed by atoms with Crippen molar-refractivity contribution in [3.63, 3.8) is 0 Å². The van der Waals surface area contributed by atoms with Gasteiger partial charge in [-0.25, -0.2) is 13.2 Å². The molecule has 0 aliphatic carbocycles. The molecule has 0 saturated heterocycles. The first-order valence-corrected chi connectivity index (χ1v) is 4.84. The maximum atomic E-state index is 12.7. The lowest BCUT2D eigenvalue weighted by Crippen LogP contribution is -2.20. The Kier molecular flexibility index (Phi) is 5.81. The summed E-state index contributed by atoms with van der Waals surface area (Å²) in [6, 6.07) is 1.36. The number of pyridine rings is 1. The Balaban J connectivity index is 2.07. The van der Waals surface area contributed by atoms with E-state index in [0.29, 0.717) is 18.7 Å². The molecule has 0 aromatic carbocycles. The number of rotatable bonds is 7. The van der Waals surface area contributed by atoms with E-state index in [9.17, 15) is 13.2 Å². The van der Waals surface area contributed by atoms with E-state index in [4.69, 9.17) is 0 Å². The SMILES string of the molecule is Fc1cncc(CNCCOCC(F)F)c1.